The van der Waals surface area contributed by atoms with E-state index in [9.17, 15) is 13.6 Å². The van der Waals surface area contributed by atoms with Gasteiger partial charge in [0.2, 0.25) is 5.91 Å². The Morgan fingerprint density at radius 1 is 1.09 bits per heavy atom. The third kappa shape index (κ3) is 5.38. The first kappa shape index (κ1) is 22.5. The molecule has 0 bridgehead atoms. The Morgan fingerprint density at radius 2 is 1.97 bits per heavy atom. The lowest BCUT2D eigenvalue weighted by atomic mass is 10.1. The van der Waals surface area contributed by atoms with Crippen LogP contribution < -0.4 is 15.0 Å². The molecule has 2 fully saturated rings. The van der Waals surface area contributed by atoms with E-state index in [2.05, 4.69) is 17.1 Å². The standard InChI is InChI=1S/C25H31F2N3O2/c1-18-5-2-11-29(18)12-4-14-32-24-10-8-21(30-13-3-6-25(30)31)15-19(24)17-28-20-7-9-22(26)23(27)16-20/h7-10,15-16,18,28H,2-6,11-14,17H2,1H3. The number of rotatable bonds is 9. The smallest absolute Gasteiger partial charge is 0.227 e. The fraction of sp³-hybridized carbons (Fsp3) is 0.480. The minimum atomic E-state index is -0.890. The Kier molecular flexibility index (Phi) is 7.25. The zero-order valence-electron chi connectivity index (χ0n) is 18.6. The number of hydrogen-bond donors (Lipinski definition) is 1. The first-order chi connectivity index (χ1) is 15.5. The molecular formula is C25H31F2N3O2. The van der Waals surface area contributed by atoms with Crippen LogP contribution in [-0.2, 0) is 11.3 Å². The van der Waals surface area contributed by atoms with Crippen molar-refractivity contribution in [2.45, 2.75) is 51.6 Å². The van der Waals surface area contributed by atoms with E-state index < -0.39 is 11.6 Å². The van der Waals surface area contributed by atoms with E-state index in [-0.39, 0.29) is 5.91 Å². The molecule has 1 atom stereocenters. The molecule has 2 aromatic rings. The third-order valence-corrected chi connectivity index (χ3v) is 6.37. The number of benzene rings is 2. The summed E-state index contributed by atoms with van der Waals surface area (Å²) in [5.74, 6) is -0.900. The molecule has 1 unspecified atom stereocenters. The molecule has 1 amide bonds. The van der Waals surface area contributed by atoms with E-state index in [1.165, 1.54) is 18.9 Å². The predicted molar refractivity (Wildman–Crippen MR) is 122 cm³/mol. The van der Waals surface area contributed by atoms with E-state index >= 15 is 0 Å². The molecule has 5 nitrogen and oxygen atoms in total. The van der Waals surface area contributed by atoms with Crippen LogP contribution in [0.2, 0.25) is 0 Å². The van der Waals surface area contributed by atoms with Crippen molar-refractivity contribution >= 4 is 17.3 Å². The monoisotopic (exact) mass is 443 g/mol. The van der Waals surface area contributed by atoms with Gasteiger partial charge in [-0.3, -0.25) is 4.79 Å². The van der Waals surface area contributed by atoms with E-state index in [0.29, 0.717) is 37.8 Å². The van der Waals surface area contributed by atoms with Gasteiger partial charge >= 0.3 is 0 Å². The number of anilines is 2. The molecule has 2 heterocycles. The number of likely N-dealkylation sites (tertiary alicyclic amines) is 1. The van der Waals surface area contributed by atoms with Crippen molar-refractivity contribution < 1.29 is 18.3 Å². The minimum absolute atomic E-state index is 0.123. The van der Waals surface area contributed by atoms with Gasteiger partial charge in [-0.25, -0.2) is 8.78 Å². The highest BCUT2D eigenvalue weighted by Crippen LogP contribution is 2.29. The number of nitrogens with zero attached hydrogens (tertiary/aromatic N) is 2. The summed E-state index contributed by atoms with van der Waals surface area (Å²) in [6, 6.07) is 10.2. The molecule has 4 rings (SSSR count). The summed E-state index contributed by atoms with van der Waals surface area (Å²) in [5.41, 5.74) is 2.20. The molecule has 0 radical (unpaired) electrons. The average molecular weight is 444 g/mol. The number of carbonyl (C=O) groups excluding carboxylic acids is 1. The summed E-state index contributed by atoms with van der Waals surface area (Å²) in [5, 5.41) is 3.14. The van der Waals surface area contributed by atoms with Gasteiger partial charge in [0.1, 0.15) is 5.75 Å². The topological polar surface area (TPSA) is 44.8 Å². The van der Waals surface area contributed by atoms with Gasteiger partial charge in [-0.15, -0.1) is 0 Å². The lowest BCUT2D eigenvalue weighted by Crippen LogP contribution is -2.28. The molecule has 1 N–H and O–H groups in total. The molecule has 2 saturated heterocycles. The van der Waals surface area contributed by atoms with Gasteiger partial charge in [0.15, 0.2) is 11.6 Å². The first-order valence-electron chi connectivity index (χ1n) is 11.5. The van der Waals surface area contributed by atoms with Crippen LogP contribution in [0.5, 0.6) is 5.75 Å². The van der Waals surface area contributed by atoms with Crippen LogP contribution in [-0.4, -0.2) is 43.1 Å². The minimum Gasteiger partial charge on any atom is -0.493 e. The zero-order chi connectivity index (χ0) is 22.5. The summed E-state index contributed by atoms with van der Waals surface area (Å²) >= 11 is 0. The third-order valence-electron chi connectivity index (χ3n) is 6.37. The summed E-state index contributed by atoms with van der Waals surface area (Å²) < 4.78 is 32.9. The van der Waals surface area contributed by atoms with E-state index in [0.717, 1.165) is 55.1 Å². The van der Waals surface area contributed by atoms with E-state index in [1.807, 2.05) is 18.2 Å². The van der Waals surface area contributed by atoms with Crippen molar-refractivity contribution in [3.63, 3.8) is 0 Å². The number of hydrogen-bond acceptors (Lipinski definition) is 4. The Labute approximate surface area is 188 Å². The average Bonchev–Trinajstić information content (AvgIpc) is 3.40. The Hall–Kier alpha value is -2.67. The summed E-state index contributed by atoms with van der Waals surface area (Å²) in [4.78, 5) is 16.5. The lowest BCUT2D eigenvalue weighted by molar-refractivity contribution is -0.117. The van der Waals surface area contributed by atoms with Gasteiger partial charge in [0.05, 0.1) is 6.61 Å². The number of ether oxygens (including phenoxy) is 1. The number of nitrogens with one attached hydrogen (secondary N) is 1. The molecule has 0 aromatic heterocycles. The van der Waals surface area contributed by atoms with Crippen molar-refractivity contribution in [3.05, 3.63) is 53.6 Å². The van der Waals surface area contributed by atoms with Crippen molar-refractivity contribution in [1.82, 2.24) is 4.90 Å². The molecule has 0 saturated carbocycles. The fourth-order valence-corrected chi connectivity index (χ4v) is 4.51. The maximum atomic E-state index is 13.6. The highest BCUT2D eigenvalue weighted by molar-refractivity contribution is 5.95. The number of carbonyl (C=O) groups is 1. The lowest BCUT2D eigenvalue weighted by Gasteiger charge is -2.22. The van der Waals surface area contributed by atoms with Crippen LogP contribution in [0.4, 0.5) is 20.2 Å². The van der Waals surface area contributed by atoms with E-state index in [1.54, 1.807) is 4.90 Å². The summed E-state index contributed by atoms with van der Waals surface area (Å²) in [6.07, 6.45) is 4.88. The number of amides is 1. The van der Waals surface area contributed by atoms with Gasteiger partial charge in [0.25, 0.3) is 0 Å². The molecule has 7 heteroatoms. The van der Waals surface area contributed by atoms with Crippen LogP contribution in [0.1, 0.15) is 44.6 Å². The van der Waals surface area contributed by atoms with Crippen LogP contribution in [0.25, 0.3) is 0 Å². The fourth-order valence-electron chi connectivity index (χ4n) is 4.51. The molecule has 2 aliphatic rings. The highest BCUT2D eigenvalue weighted by Gasteiger charge is 2.23. The largest absolute Gasteiger partial charge is 0.493 e. The molecule has 2 aliphatic heterocycles. The van der Waals surface area contributed by atoms with Crippen LogP contribution in [0, 0.1) is 11.6 Å². The van der Waals surface area contributed by atoms with Gasteiger partial charge in [-0.05, 0) is 69.5 Å². The quantitative estimate of drug-likeness (QED) is 0.557. The van der Waals surface area contributed by atoms with Crippen molar-refractivity contribution in [2.75, 3.05) is 36.5 Å². The van der Waals surface area contributed by atoms with Crippen molar-refractivity contribution in [1.29, 1.82) is 0 Å². The molecule has 172 valence electrons. The number of halogens is 2. The van der Waals surface area contributed by atoms with Crippen molar-refractivity contribution in [2.24, 2.45) is 0 Å². The molecular weight excluding hydrogens is 412 g/mol. The molecule has 2 aromatic carbocycles. The molecule has 0 spiro atoms. The molecule has 32 heavy (non-hydrogen) atoms. The predicted octanol–water partition coefficient (Wildman–Crippen LogP) is 4.96. The van der Waals surface area contributed by atoms with Gasteiger partial charge in [-0.1, -0.05) is 0 Å². The van der Waals surface area contributed by atoms with Crippen LogP contribution in [0.15, 0.2) is 36.4 Å². The second-order valence-electron chi connectivity index (χ2n) is 8.65. The zero-order valence-corrected chi connectivity index (χ0v) is 18.6. The molecule has 0 aliphatic carbocycles. The first-order valence-corrected chi connectivity index (χ1v) is 11.5. The highest BCUT2D eigenvalue weighted by atomic mass is 19.2. The maximum Gasteiger partial charge on any atom is 0.227 e. The van der Waals surface area contributed by atoms with Gasteiger partial charge in [-0.2, -0.15) is 0 Å². The second kappa shape index (κ2) is 10.3. The maximum absolute atomic E-state index is 13.6. The summed E-state index contributed by atoms with van der Waals surface area (Å²) in [7, 11) is 0. The Morgan fingerprint density at radius 3 is 2.69 bits per heavy atom. The van der Waals surface area contributed by atoms with Crippen LogP contribution >= 0.6 is 0 Å². The normalized spacial score (nSPS) is 19.0. The SMILES string of the molecule is CC1CCCN1CCCOc1ccc(N2CCCC2=O)cc1CNc1ccc(F)c(F)c1. The Bertz CT molecular complexity index is 953. The van der Waals surface area contributed by atoms with Gasteiger partial charge in [0, 0.05) is 55.1 Å². The Balaban J connectivity index is 1.43. The van der Waals surface area contributed by atoms with Crippen molar-refractivity contribution in [3.8, 4) is 5.75 Å². The second-order valence-corrected chi connectivity index (χ2v) is 8.65. The van der Waals surface area contributed by atoms with Gasteiger partial charge < -0.3 is 19.9 Å². The summed E-state index contributed by atoms with van der Waals surface area (Å²) in [6.45, 7) is 6.13. The van der Waals surface area contributed by atoms with E-state index in [4.69, 9.17) is 4.74 Å². The van der Waals surface area contributed by atoms with Crippen LogP contribution in [0.3, 0.4) is 0 Å².